The van der Waals surface area contributed by atoms with Crippen molar-refractivity contribution in [2.75, 3.05) is 0 Å². The van der Waals surface area contributed by atoms with Crippen molar-refractivity contribution in [3.05, 3.63) is 77.1 Å². The first kappa shape index (κ1) is 15.7. The van der Waals surface area contributed by atoms with Crippen molar-refractivity contribution in [1.82, 2.24) is 20.1 Å². The number of carbonyl (C=O) groups is 3. The maximum atomic E-state index is 12.7. The Morgan fingerprint density at radius 1 is 0.962 bits per heavy atom. The molecular formula is C18H12N4O4. The van der Waals surface area contributed by atoms with Crippen molar-refractivity contribution in [2.45, 2.75) is 6.92 Å². The summed E-state index contributed by atoms with van der Waals surface area (Å²) in [7, 11) is 0. The zero-order valence-corrected chi connectivity index (χ0v) is 13.6. The maximum absolute atomic E-state index is 12.7. The lowest BCUT2D eigenvalue weighted by Crippen LogP contribution is -2.33. The molecule has 0 saturated heterocycles. The molecular weight excluding hydrogens is 336 g/mol. The van der Waals surface area contributed by atoms with Crippen molar-refractivity contribution in [2.24, 2.45) is 0 Å². The van der Waals surface area contributed by atoms with Crippen molar-refractivity contribution in [3.63, 3.8) is 0 Å². The summed E-state index contributed by atoms with van der Waals surface area (Å²) in [5, 5.41) is 8.49. The van der Waals surface area contributed by atoms with E-state index in [4.69, 9.17) is 4.84 Å². The van der Waals surface area contributed by atoms with Gasteiger partial charge in [-0.1, -0.05) is 28.8 Å². The van der Waals surface area contributed by atoms with Crippen LogP contribution in [0.5, 0.6) is 0 Å². The maximum Gasteiger partial charge on any atom is 0.366 e. The average molecular weight is 348 g/mol. The van der Waals surface area contributed by atoms with Gasteiger partial charge in [-0.3, -0.25) is 9.59 Å². The van der Waals surface area contributed by atoms with Crippen LogP contribution in [0.2, 0.25) is 0 Å². The molecule has 0 fully saturated rings. The minimum Gasteiger partial charge on any atom is -0.324 e. The highest BCUT2D eigenvalue weighted by Crippen LogP contribution is 2.24. The summed E-state index contributed by atoms with van der Waals surface area (Å²) in [4.78, 5) is 43.8. The number of hydrogen-bond donors (Lipinski definition) is 0. The van der Waals surface area contributed by atoms with Crippen LogP contribution in [-0.2, 0) is 4.84 Å². The molecule has 0 radical (unpaired) electrons. The first-order chi connectivity index (χ1) is 12.6. The van der Waals surface area contributed by atoms with Crippen molar-refractivity contribution in [1.29, 1.82) is 0 Å². The predicted molar refractivity (Wildman–Crippen MR) is 88.5 cm³/mol. The number of aryl methyl sites for hydroxylation is 1. The number of imide groups is 1. The van der Waals surface area contributed by atoms with Gasteiger partial charge in [0.05, 0.1) is 29.1 Å². The molecule has 3 aromatic rings. The molecule has 2 aromatic carbocycles. The van der Waals surface area contributed by atoms with Gasteiger partial charge in [-0.25, -0.2) is 4.79 Å². The molecule has 128 valence electrons. The van der Waals surface area contributed by atoms with E-state index in [1.807, 2.05) is 0 Å². The Hall–Kier alpha value is -3.81. The van der Waals surface area contributed by atoms with Gasteiger partial charge in [-0.05, 0) is 31.2 Å². The molecule has 1 aliphatic heterocycles. The Morgan fingerprint density at radius 2 is 1.58 bits per heavy atom. The Balaban J connectivity index is 1.67. The molecule has 2 amide bonds. The molecule has 8 heteroatoms. The molecule has 0 aliphatic carbocycles. The highest BCUT2D eigenvalue weighted by molar-refractivity contribution is 6.21. The fourth-order valence-corrected chi connectivity index (χ4v) is 2.71. The number of aromatic nitrogens is 3. The van der Waals surface area contributed by atoms with Gasteiger partial charge in [-0.15, -0.1) is 0 Å². The van der Waals surface area contributed by atoms with Gasteiger partial charge >= 0.3 is 5.97 Å². The molecule has 0 N–H and O–H groups in total. The van der Waals surface area contributed by atoms with Crippen LogP contribution in [0.1, 0.15) is 36.6 Å². The van der Waals surface area contributed by atoms with Crippen LogP contribution in [0.4, 0.5) is 0 Å². The number of nitrogens with zero attached hydrogens (tertiary/aromatic N) is 4. The van der Waals surface area contributed by atoms with E-state index in [1.165, 1.54) is 29.3 Å². The molecule has 1 aromatic heterocycles. The second kappa shape index (κ2) is 5.92. The SMILES string of the molecule is Cc1ccc(-n2nccn2)c(C(=O)ON2C(=O)c3ccccc3C2=O)c1. The van der Waals surface area contributed by atoms with E-state index >= 15 is 0 Å². The second-order valence-corrected chi connectivity index (χ2v) is 5.67. The zero-order valence-electron chi connectivity index (χ0n) is 13.6. The Morgan fingerprint density at radius 3 is 2.19 bits per heavy atom. The summed E-state index contributed by atoms with van der Waals surface area (Å²) >= 11 is 0. The lowest BCUT2D eigenvalue weighted by atomic mass is 10.1. The number of amides is 2. The molecule has 0 atom stereocenters. The number of benzene rings is 2. The van der Waals surface area contributed by atoms with E-state index in [2.05, 4.69) is 10.2 Å². The highest BCUT2D eigenvalue weighted by atomic mass is 16.7. The van der Waals surface area contributed by atoms with E-state index in [0.717, 1.165) is 5.56 Å². The van der Waals surface area contributed by atoms with Crippen molar-refractivity contribution in [3.8, 4) is 5.69 Å². The van der Waals surface area contributed by atoms with E-state index in [0.29, 0.717) is 10.8 Å². The third-order valence-corrected chi connectivity index (χ3v) is 3.94. The van der Waals surface area contributed by atoms with Crippen LogP contribution in [0.15, 0.2) is 54.9 Å². The van der Waals surface area contributed by atoms with Gasteiger partial charge in [0.2, 0.25) is 0 Å². The fraction of sp³-hybridized carbons (Fsp3) is 0.0556. The third-order valence-electron chi connectivity index (χ3n) is 3.94. The molecule has 0 saturated carbocycles. The monoisotopic (exact) mass is 348 g/mol. The summed E-state index contributed by atoms with van der Waals surface area (Å²) in [6.45, 7) is 1.80. The summed E-state index contributed by atoms with van der Waals surface area (Å²) in [6.07, 6.45) is 2.94. The molecule has 26 heavy (non-hydrogen) atoms. The molecule has 1 aliphatic rings. The molecule has 8 nitrogen and oxygen atoms in total. The van der Waals surface area contributed by atoms with Crippen LogP contribution < -0.4 is 0 Å². The van der Waals surface area contributed by atoms with E-state index in [-0.39, 0.29) is 16.7 Å². The number of hydrogen-bond acceptors (Lipinski definition) is 6. The van der Waals surface area contributed by atoms with Gasteiger partial charge in [0.1, 0.15) is 5.69 Å². The average Bonchev–Trinajstić information content (AvgIpc) is 3.26. The number of carbonyl (C=O) groups excluding carboxylic acids is 3. The van der Waals surface area contributed by atoms with Gasteiger partial charge in [-0.2, -0.15) is 15.0 Å². The van der Waals surface area contributed by atoms with Gasteiger partial charge < -0.3 is 4.84 Å². The van der Waals surface area contributed by atoms with Crippen molar-refractivity contribution < 1.29 is 19.2 Å². The fourth-order valence-electron chi connectivity index (χ4n) is 2.71. The minimum atomic E-state index is -0.851. The molecule has 4 rings (SSSR count). The smallest absolute Gasteiger partial charge is 0.324 e. The topological polar surface area (TPSA) is 94.4 Å². The van der Waals surface area contributed by atoms with E-state index in [1.54, 1.807) is 37.3 Å². The van der Waals surface area contributed by atoms with Crippen LogP contribution in [-0.4, -0.2) is 37.8 Å². The molecule has 2 heterocycles. The highest BCUT2D eigenvalue weighted by Gasteiger charge is 2.39. The molecule has 0 spiro atoms. The Labute approximate surface area is 147 Å². The summed E-state index contributed by atoms with van der Waals surface area (Å²) in [5.41, 5.74) is 1.71. The van der Waals surface area contributed by atoms with E-state index in [9.17, 15) is 14.4 Å². The van der Waals surface area contributed by atoms with Crippen LogP contribution >= 0.6 is 0 Å². The van der Waals surface area contributed by atoms with E-state index < -0.39 is 17.8 Å². The van der Waals surface area contributed by atoms with Gasteiger partial charge in [0.25, 0.3) is 11.8 Å². The van der Waals surface area contributed by atoms with Crippen LogP contribution in [0.3, 0.4) is 0 Å². The first-order valence-electron chi connectivity index (χ1n) is 7.74. The Kier molecular flexibility index (Phi) is 3.58. The quantitative estimate of drug-likeness (QED) is 0.672. The normalized spacial score (nSPS) is 13.0. The first-order valence-corrected chi connectivity index (χ1v) is 7.74. The Bertz CT molecular complexity index is 1010. The summed E-state index contributed by atoms with van der Waals surface area (Å²) in [5.74, 6) is -2.20. The number of hydroxylamine groups is 2. The summed E-state index contributed by atoms with van der Waals surface area (Å²) in [6, 6.07) is 11.3. The van der Waals surface area contributed by atoms with Crippen molar-refractivity contribution >= 4 is 17.8 Å². The molecule has 0 unspecified atom stereocenters. The standard InChI is InChI=1S/C18H12N4O4/c1-11-6-7-15(22-19-8-9-20-22)14(10-11)18(25)26-21-16(23)12-4-2-3-5-13(12)17(21)24/h2-10H,1H3. The minimum absolute atomic E-state index is 0.137. The predicted octanol–water partition coefficient (Wildman–Crippen LogP) is 1.94. The molecule has 0 bridgehead atoms. The second-order valence-electron chi connectivity index (χ2n) is 5.67. The summed E-state index contributed by atoms with van der Waals surface area (Å²) < 4.78 is 0. The zero-order chi connectivity index (χ0) is 18.3. The number of fused-ring (bicyclic) bond motifs is 1. The van der Waals surface area contributed by atoms with Gasteiger partial charge in [0.15, 0.2) is 0 Å². The lowest BCUT2D eigenvalue weighted by molar-refractivity contribution is -0.0584. The third kappa shape index (κ3) is 2.44. The largest absolute Gasteiger partial charge is 0.366 e. The van der Waals surface area contributed by atoms with Crippen LogP contribution in [0.25, 0.3) is 5.69 Å². The van der Waals surface area contributed by atoms with Gasteiger partial charge in [0, 0.05) is 0 Å². The van der Waals surface area contributed by atoms with Crippen LogP contribution in [0, 0.1) is 6.92 Å². The lowest BCUT2D eigenvalue weighted by Gasteiger charge is -2.14. The number of rotatable bonds is 3.